The minimum atomic E-state index is -0.230. The van der Waals surface area contributed by atoms with Gasteiger partial charge < -0.3 is 15.1 Å². The van der Waals surface area contributed by atoms with Crippen molar-refractivity contribution in [3.05, 3.63) is 60.2 Å². The molecule has 0 radical (unpaired) electrons. The molecule has 0 spiro atoms. The Morgan fingerprint density at radius 2 is 1.64 bits per heavy atom. The third-order valence-electron chi connectivity index (χ3n) is 4.86. The van der Waals surface area contributed by atoms with Gasteiger partial charge in [-0.2, -0.15) is 0 Å². The lowest BCUT2D eigenvalue weighted by molar-refractivity contribution is -0.130. The van der Waals surface area contributed by atoms with Gasteiger partial charge in [0.15, 0.2) is 0 Å². The topological polar surface area (TPSA) is 52.7 Å². The summed E-state index contributed by atoms with van der Waals surface area (Å²) in [7, 11) is 0. The molecule has 5 nitrogen and oxygen atoms in total. The molecule has 1 aliphatic rings. The van der Waals surface area contributed by atoms with E-state index < -0.39 is 0 Å². The molecule has 0 saturated carbocycles. The van der Waals surface area contributed by atoms with Crippen LogP contribution in [0.25, 0.3) is 0 Å². The van der Waals surface area contributed by atoms with E-state index in [9.17, 15) is 9.59 Å². The number of thioether (sulfide) groups is 1. The van der Waals surface area contributed by atoms with Crippen LogP contribution < -0.4 is 10.2 Å². The number of nitrogens with one attached hydrogen (secondary N) is 1. The van der Waals surface area contributed by atoms with Crippen molar-refractivity contribution in [1.29, 1.82) is 0 Å². The van der Waals surface area contributed by atoms with Crippen LogP contribution in [0.3, 0.4) is 0 Å². The summed E-state index contributed by atoms with van der Waals surface area (Å²) in [6.45, 7) is 6.99. The van der Waals surface area contributed by atoms with Gasteiger partial charge in [-0.15, -0.1) is 11.8 Å². The molecule has 3 rings (SSSR count). The van der Waals surface area contributed by atoms with Gasteiger partial charge in [0.05, 0.1) is 11.0 Å². The quantitative estimate of drug-likeness (QED) is 0.812. The van der Waals surface area contributed by atoms with Crippen LogP contribution in [0.4, 0.5) is 11.4 Å². The zero-order valence-corrected chi connectivity index (χ0v) is 17.2. The summed E-state index contributed by atoms with van der Waals surface area (Å²) in [6, 6.07) is 18.0. The predicted molar refractivity (Wildman–Crippen MR) is 117 cm³/mol. The van der Waals surface area contributed by atoms with E-state index in [4.69, 9.17) is 0 Å². The average molecular weight is 398 g/mol. The SMILES string of the molecule is Cc1ccc(NC(=O)CS[C@H](C)C(=O)N2CCN(c3ccccc3)CC2)cc1. The zero-order valence-electron chi connectivity index (χ0n) is 16.4. The Bertz CT molecular complexity index is 787. The highest BCUT2D eigenvalue weighted by Crippen LogP contribution is 2.19. The van der Waals surface area contributed by atoms with Crippen molar-refractivity contribution in [2.24, 2.45) is 0 Å². The first-order valence-corrected chi connectivity index (χ1v) is 10.6. The molecule has 1 fully saturated rings. The molecular formula is C22H27N3O2S. The molecule has 2 amide bonds. The van der Waals surface area contributed by atoms with Gasteiger partial charge in [0.2, 0.25) is 11.8 Å². The molecule has 2 aromatic carbocycles. The molecule has 1 N–H and O–H groups in total. The third-order valence-corrected chi connectivity index (χ3v) is 5.99. The molecule has 1 saturated heterocycles. The maximum Gasteiger partial charge on any atom is 0.235 e. The van der Waals surface area contributed by atoms with Crippen LogP contribution in [0.5, 0.6) is 0 Å². The lowest BCUT2D eigenvalue weighted by atomic mass is 10.2. The highest BCUT2D eigenvalue weighted by molar-refractivity contribution is 8.01. The molecular weight excluding hydrogens is 370 g/mol. The summed E-state index contributed by atoms with van der Waals surface area (Å²) >= 11 is 1.39. The number of aryl methyl sites for hydroxylation is 1. The number of hydrogen-bond acceptors (Lipinski definition) is 4. The van der Waals surface area contributed by atoms with Gasteiger partial charge in [-0.05, 0) is 38.1 Å². The van der Waals surface area contributed by atoms with Crippen molar-refractivity contribution in [1.82, 2.24) is 4.90 Å². The highest BCUT2D eigenvalue weighted by Gasteiger charge is 2.25. The number of rotatable bonds is 6. The number of hydrogen-bond donors (Lipinski definition) is 1. The minimum Gasteiger partial charge on any atom is -0.368 e. The lowest BCUT2D eigenvalue weighted by Crippen LogP contribution is -2.50. The fourth-order valence-electron chi connectivity index (χ4n) is 3.19. The number of amides is 2. The zero-order chi connectivity index (χ0) is 19.9. The largest absolute Gasteiger partial charge is 0.368 e. The van der Waals surface area contributed by atoms with Crippen LogP contribution in [0.1, 0.15) is 12.5 Å². The summed E-state index contributed by atoms with van der Waals surface area (Å²) in [5.74, 6) is 0.299. The number of anilines is 2. The maximum absolute atomic E-state index is 12.7. The third kappa shape index (κ3) is 5.52. The van der Waals surface area contributed by atoms with Gasteiger partial charge in [0.1, 0.15) is 0 Å². The lowest BCUT2D eigenvalue weighted by Gasteiger charge is -2.37. The minimum absolute atomic E-state index is 0.0811. The first-order chi connectivity index (χ1) is 13.5. The molecule has 148 valence electrons. The summed E-state index contributed by atoms with van der Waals surface area (Å²) in [5.41, 5.74) is 3.14. The number of para-hydroxylation sites is 1. The van der Waals surface area contributed by atoms with Gasteiger partial charge in [0, 0.05) is 37.6 Å². The van der Waals surface area contributed by atoms with Crippen LogP contribution in [0.15, 0.2) is 54.6 Å². The van der Waals surface area contributed by atoms with Crippen molar-refractivity contribution in [2.75, 3.05) is 42.1 Å². The molecule has 0 aromatic heterocycles. The van der Waals surface area contributed by atoms with Crippen LogP contribution in [-0.4, -0.2) is 53.9 Å². The Kier molecular flexibility index (Phi) is 6.98. The van der Waals surface area contributed by atoms with Gasteiger partial charge >= 0.3 is 0 Å². The fraction of sp³-hybridized carbons (Fsp3) is 0.364. The average Bonchev–Trinajstić information content (AvgIpc) is 2.74. The Morgan fingerprint density at radius 3 is 2.29 bits per heavy atom. The molecule has 0 unspecified atom stereocenters. The summed E-state index contributed by atoms with van der Waals surface area (Å²) in [6.07, 6.45) is 0. The van der Waals surface area contributed by atoms with E-state index in [2.05, 4.69) is 22.3 Å². The van der Waals surface area contributed by atoms with Crippen LogP contribution >= 0.6 is 11.8 Å². The number of nitrogens with zero attached hydrogens (tertiary/aromatic N) is 2. The van der Waals surface area contributed by atoms with E-state index in [0.29, 0.717) is 13.1 Å². The molecule has 1 heterocycles. The monoisotopic (exact) mass is 397 g/mol. The van der Waals surface area contributed by atoms with Crippen LogP contribution in [0, 0.1) is 6.92 Å². The van der Waals surface area contributed by atoms with Crippen LogP contribution in [-0.2, 0) is 9.59 Å². The first-order valence-electron chi connectivity index (χ1n) is 9.60. The van der Waals surface area contributed by atoms with Gasteiger partial charge in [-0.3, -0.25) is 9.59 Å². The normalized spacial score (nSPS) is 15.2. The molecule has 1 atom stereocenters. The second-order valence-corrected chi connectivity index (χ2v) is 8.34. The smallest absolute Gasteiger partial charge is 0.235 e. The second-order valence-electron chi connectivity index (χ2n) is 7.02. The second kappa shape index (κ2) is 9.64. The van der Waals surface area contributed by atoms with E-state index in [-0.39, 0.29) is 22.8 Å². The Labute approximate surface area is 171 Å². The number of carbonyl (C=O) groups is 2. The molecule has 0 aliphatic carbocycles. The van der Waals surface area contributed by atoms with Crippen molar-refractivity contribution in [2.45, 2.75) is 19.1 Å². The van der Waals surface area contributed by atoms with Gasteiger partial charge in [-0.1, -0.05) is 35.9 Å². The Morgan fingerprint density at radius 1 is 1.00 bits per heavy atom. The maximum atomic E-state index is 12.7. The fourth-order valence-corrected chi connectivity index (χ4v) is 3.95. The molecule has 6 heteroatoms. The molecule has 1 aliphatic heterocycles. The summed E-state index contributed by atoms with van der Waals surface area (Å²) in [5, 5.41) is 2.65. The van der Waals surface area contributed by atoms with Crippen molar-refractivity contribution in [3.8, 4) is 0 Å². The van der Waals surface area contributed by atoms with E-state index in [0.717, 1.165) is 24.3 Å². The van der Waals surface area contributed by atoms with Crippen molar-refractivity contribution >= 4 is 35.0 Å². The molecule has 2 aromatic rings. The molecule has 28 heavy (non-hydrogen) atoms. The Balaban J connectivity index is 1.42. The standard InChI is InChI=1S/C22H27N3O2S/c1-17-8-10-19(11-9-17)23-21(26)16-28-18(2)22(27)25-14-12-24(13-15-25)20-6-4-3-5-7-20/h3-11,18H,12-16H2,1-2H3,(H,23,26)/t18-/m1/s1. The van der Waals surface area contributed by atoms with Gasteiger partial charge in [-0.25, -0.2) is 0 Å². The van der Waals surface area contributed by atoms with Crippen molar-refractivity contribution < 1.29 is 9.59 Å². The van der Waals surface area contributed by atoms with E-state index in [1.54, 1.807) is 0 Å². The van der Waals surface area contributed by atoms with E-state index in [1.165, 1.54) is 17.4 Å². The first kappa shape index (κ1) is 20.3. The number of benzene rings is 2. The highest BCUT2D eigenvalue weighted by atomic mass is 32.2. The van der Waals surface area contributed by atoms with E-state index >= 15 is 0 Å². The summed E-state index contributed by atoms with van der Waals surface area (Å²) in [4.78, 5) is 29.1. The van der Waals surface area contributed by atoms with E-state index in [1.807, 2.05) is 61.2 Å². The van der Waals surface area contributed by atoms with Crippen molar-refractivity contribution in [3.63, 3.8) is 0 Å². The van der Waals surface area contributed by atoms with Crippen LogP contribution in [0.2, 0.25) is 0 Å². The number of carbonyl (C=O) groups excluding carboxylic acids is 2. The van der Waals surface area contributed by atoms with Gasteiger partial charge in [0.25, 0.3) is 0 Å². The Hall–Kier alpha value is -2.47. The summed E-state index contributed by atoms with van der Waals surface area (Å²) < 4.78 is 0. The molecule has 0 bridgehead atoms. The predicted octanol–water partition coefficient (Wildman–Crippen LogP) is 3.40. The number of piperazine rings is 1.